The molecule has 0 saturated carbocycles. The lowest BCUT2D eigenvalue weighted by molar-refractivity contribution is -0.129. The van der Waals surface area contributed by atoms with Gasteiger partial charge in [0.25, 0.3) is 0 Å². The highest BCUT2D eigenvalue weighted by molar-refractivity contribution is 5.96. The quantitative estimate of drug-likeness (QED) is 0.699. The van der Waals surface area contributed by atoms with Crippen LogP contribution >= 0.6 is 0 Å². The number of carbonyl (C=O) groups is 2. The highest BCUT2D eigenvalue weighted by atomic mass is 16.2. The highest BCUT2D eigenvalue weighted by Crippen LogP contribution is 2.18. The lowest BCUT2D eigenvalue weighted by atomic mass is 10.0. The number of hydrogen-bond acceptors (Lipinski definition) is 3. The minimum Gasteiger partial charge on any atom is -0.344 e. The van der Waals surface area contributed by atoms with Crippen LogP contribution in [-0.2, 0) is 9.59 Å². The molecule has 3 N–H and O–H groups in total. The molecule has 1 atom stereocenters. The normalized spacial score (nSPS) is 16.1. The molecule has 1 aliphatic rings. The van der Waals surface area contributed by atoms with Crippen LogP contribution in [0.3, 0.4) is 0 Å². The number of amides is 2. The lowest BCUT2D eigenvalue weighted by Gasteiger charge is -2.21. The molecule has 1 aromatic heterocycles. The molecule has 0 radical (unpaired) electrons. The summed E-state index contributed by atoms with van der Waals surface area (Å²) in [5.74, 6) is 0.535. The van der Waals surface area contributed by atoms with E-state index in [0.29, 0.717) is 18.2 Å². The Kier molecular flexibility index (Phi) is 5.14. The topological polar surface area (TPSA) is 86.9 Å². The van der Waals surface area contributed by atoms with Gasteiger partial charge in [0.05, 0.1) is 6.20 Å². The summed E-state index contributed by atoms with van der Waals surface area (Å²) >= 11 is 0. The Morgan fingerprint density at radius 2 is 2.10 bits per heavy atom. The van der Waals surface area contributed by atoms with Crippen LogP contribution in [0.25, 0.3) is 0 Å². The Balaban J connectivity index is 1.96. The fourth-order valence-corrected chi connectivity index (χ4v) is 2.37. The van der Waals surface area contributed by atoms with E-state index in [2.05, 4.69) is 20.8 Å². The van der Waals surface area contributed by atoms with E-state index in [1.165, 1.54) is 0 Å². The predicted molar refractivity (Wildman–Crippen MR) is 80.5 cm³/mol. The van der Waals surface area contributed by atoms with Gasteiger partial charge in [0, 0.05) is 12.0 Å². The van der Waals surface area contributed by atoms with E-state index in [0.717, 1.165) is 12.8 Å². The fraction of sp³-hybridized carbons (Fsp3) is 0.533. The second kappa shape index (κ2) is 7.06. The second-order valence-electron chi connectivity index (χ2n) is 5.79. The van der Waals surface area contributed by atoms with Crippen LogP contribution in [-0.4, -0.2) is 28.1 Å². The van der Waals surface area contributed by atoms with E-state index < -0.39 is 6.04 Å². The first-order valence-corrected chi connectivity index (χ1v) is 7.32. The van der Waals surface area contributed by atoms with E-state index in [-0.39, 0.29) is 17.7 Å². The monoisotopic (exact) mass is 290 g/mol. The Hall–Kier alpha value is -2.11. The average molecular weight is 290 g/mol. The molecule has 114 valence electrons. The van der Waals surface area contributed by atoms with Crippen molar-refractivity contribution in [2.45, 2.75) is 39.2 Å². The van der Waals surface area contributed by atoms with E-state index in [9.17, 15) is 9.59 Å². The van der Waals surface area contributed by atoms with Crippen molar-refractivity contribution in [1.29, 1.82) is 0 Å². The van der Waals surface area contributed by atoms with Crippen molar-refractivity contribution in [2.75, 3.05) is 5.32 Å². The number of nitrogens with zero attached hydrogens (tertiary/aromatic N) is 1. The van der Waals surface area contributed by atoms with Gasteiger partial charge in [-0.2, -0.15) is 5.10 Å². The third kappa shape index (κ3) is 4.44. The van der Waals surface area contributed by atoms with Gasteiger partial charge in [-0.3, -0.25) is 14.7 Å². The number of allylic oxidation sites excluding steroid dienone is 2. The maximum absolute atomic E-state index is 12.3. The third-order valence-electron chi connectivity index (χ3n) is 3.48. The predicted octanol–water partition coefficient (Wildman–Crippen LogP) is 1.85. The second-order valence-corrected chi connectivity index (χ2v) is 5.79. The van der Waals surface area contributed by atoms with Gasteiger partial charge in [0.2, 0.25) is 11.8 Å². The zero-order chi connectivity index (χ0) is 15.2. The molecule has 6 nitrogen and oxygen atoms in total. The first-order valence-electron chi connectivity index (χ1n) is 7.32. The molecular formula is C15H22N4O2. The van der Waals surface area contributed by atoms with Crippen LogP contribution in [0.4, 0.5) is 5.82 Å². The molecule has 6 heteroatoms. The number of carbonyl (C=O) groups excluding carboxylic acids is 2. The molecular weight excluding hydrogens is 268 g/mol. The molecule has 0 saturated heterocycles. The van der Waals surface area contributed by atoms with E-state index >= 15 is 0 Å². The Morgan fingerprint density at radius 1 is 1.38 bits per heavy atom. The molecule has 2 amide bonds. The van der Waals surface area contributed by atoms with Gasteiger partial charge in [-0.15, -0.1) is 0 Å². The molecule has 0 aliphatic heterocycles. The van der Waals surface area contributed by atoms with E-state index in [1.807, 2.05) is 26.0 Å². The first-order chi connectivity index (χ1) is 10.1. The van der Waals surface area contributed by atoms with Gasteiger partial charge in [-0.05, 0) is 25.2 Å². The fourth-order valence-electron chi connectivity index (χ4n) is 2.37. The van der Waals surface area contributed by atoms with Crippen LogP contribution in [0.1, 0.15) is 33.1 Å². The molecule has 0 fully saturated rings. The van der Waals surface area contributed by atoms with Gasteiger partial charge < -0.3 is 10.6 Å². The van der Waals surface area contributed by atoms with Crippen molar-refractivity contribution in [3.63, 3.8) is 0 Å². The zero-order valence-corrected chi connectivity index (χ0v) is 12.4. The smallest absolute Gasteiger partial charge is 0.248 e. The number of nitrogens with one attached hydrogen (secondary N) is 3. The van der Waals surface area contributed by atoms with Crippen molar-refractivity contribution in [3.05, 3.63) is 24.4 Å². The van der Waals surface area contributed by atoms with Crippen LogP contribution in [0, 0.1) is 11.8 Å². The molecule has 1 heterocycles. The molecule has 21 heavy (non-hydrogen) atoms. The molecule has 2 rings (SSSR count). The van der Waals surface area contributed by atoms with Gasteiger partial charge >= 0.3 is 0 Å². The summed E-state index contributed by atoms with van der Waals surface area (Å²) in [6.45, 7) is 4.06. The Bertz CT molecular complexity index is 500. The molecule has 1 aliphatic carbocycles. The summed E-state index contributed by atoms with van der Waals surface area (Å²) in [6.07, 6.45) is 7.69. The van der Waals surface area contributed by atoms with E-state index in [1.54, 1.807) is 12.3 Å². The van der Waals surface area contributed by atoms with Gasteiger partial charge in [0.1, 0.15) is 11.9 Å². The minimum absolute atomic E-state index is 0.0420. The standard InChI is InChI=1S/C15H22N4O2/c1-10(2)9-12(15(21)18-13-7-8-16-19-13)17-14(20)11-5-3-4-6-11/h3-4,7-8,10-12H,5-6,9H2,1-2H3,(H,17,20)(H2,16,18,19,21)/t12-/m0/s1. The number of rotatable bonds is 6. The summed E-state index contributed by atoms with van der Waals surface area (Å²) in [6, 6.07) is 1.15. The number of hydrogen-bond donors (Lipinski definition) is 3. The lowest BCUT2D eigenvalue weighted by Crippen LogP contribution is -2.46. The summed E-state index contributed by atoms with van der Waals surface area (Å²) in [7, 11) is 0. The van der Waals surface area contributed by atoms with Gasteiger partial charge in [-0.1, -0.05) is 26.0 Å². The number of aromatic nitrogens is 2. The van der Waals surface area contributed by atoms with Crippen LogP contribution in [0.5, 0.6) is 0 Å². The molecule has 0 bridgehead atoms. The Labute approximate surface area is 124 Å². The number of H-pyrrole nitrogens is 1. The number of aromatic amines is 1. The van der Waals surface area contributed by atoms with Crippen LogP contribution < -0.4 is 10.6 Å². The first kappa shape index (κ1) is 15.3. The molecule has 0 spiro atoms. The van der Waals surface area contributed by atoms with Crippen molar-refractivity contribution < 1.29 is 9.59 Å². The summed E-state index contributed by atoms with van der Waals surface area (Å²) in [5.41, 5.74) is 0. The SMILES string of the molecule is CC(C)C[C@H](NC(=O)C1CC=CC1)C(=O)Nc1ccn[nH]1. The van der Waals surface area contributed by atoms with Gasteiger partial charge in [0.15, 0.2) is 0 Å². The number of anilines is 1. The highest BCUT2D eigenvalue weighted by Gasteiger charge is 2.26. The summed E-state index contributed by atoms with van der Waals surface area (Å²) < 4.78 is 0. The maximum atomic E-state index is 12.3. The largest absolute Gasteiger partial charge is 0.344 e. The van der Waals surface area contributed by atoms with Crippen LogP contribution in [0.2, 0.25) is 0 Å². The van der Waals surface area contributed by atoms with Crippen molar-refractivity contribution in [2.24, 2.45) is 11.8 Å². The summed E-state index contributed by atoms with van der Waals surface area (Å²) in [5, 5.41) is 12.1. The average Bonchev–Trinajstić information content (AvgIpc) is 3.10. The van der Waals surface area contributed by atoms with Crippen molar-refractivity contribution in [3.8, 4) is 0 Å². The van der Waals surface area contributed by atoms with Crippen molar-refractivity contribution >= 4 is 17.6 Å². The van der Waals surface area contributed by atoms with Crippen molar-refractivity contribution in [1.82, 2.24) is 15.5 Å². The maximum Gasteiger partial charge on any atom is 0.248 e. The van der Waals surface area contributed by atoms with Crippen LogP contribution in [0.15, 0.2) is 24.4 Å². The molecule has 1 aromatic rings. The van der Waals surface area contributed by atoms with Gasteiger partial charge in [-0.25, -0.2) is 0 Å². The molecule has 0 aromatic carbocycles. The Morgan fingerprint density at radius 3 is 2.67 bits per heavy atom. The zero-order valence-electron chi connectivity index (χ0n) is 12.4. The van der Waals surface area contributed by atoms with E-state index in [4.69, 9.17) is 0 Å². The molecule has 0 unspecified atom stereocenters. The third-order valence-corrected chi connectivity index (χ3v) is 3.48. The minimum atomic E-state index is -0.526. The summed E-state index contributed by atoms with van der Waals surface area (Å²) in [4.78, 5) is 24.5.